The fourth-order valence-electron chi connectivity index (χ4n) is 4.25. The van der Waals surface area contributed by atoms with Gasteiger partial charge in [0.2, 0.25) is 11.8 Å². The Morgan fingerprint density at radius 1 is 1.16 bits per heavy atom. The third kappa shape index (κ3) is 7.49. The molecule has 1 fully saturated rings. The first-order valence-electron chi connectivity index (χ1n) is 11.5. The van der Waals surface area contributed by atoms with Crippen molar-refractivity contribution in [3.05, 3.63) is 41.7 Å². The molecule has 1 aliphatic carbocycles. The minimum absolute atomic E-state index is 0.0510. The predicted molar refractivity (Wildman–Crippen MR) is 119 cm³/mol. The maximum atomic E-state index is 12.8. The SMILES string of the molecule is O=C1CCN(C(=O)c2cccnc2)CCCC(C(=O)NCCC2=CCCCC2)CCN1. The first kappa shape index (κ1) is 23.0. The van der Waals surface area contributed by atoms with Crippen LogP contribution in [0.3, 0.4) is 0 Å². The van der Waals surface area contributed by atoms with E-state index in [9.17, 15) is 14.4 Å². The molecule has 0 aromatic carbocycles. The highest BCUT2D eigenvalue weighted by atomic mass is 16.2. The van der Waals surface area contributed by atoms with Crippen LogP contribution >= 0.6 is 0 Å². The van der Waals surface area contributed by atoms with Gasteiger partial charge in [0.15, 0.2) is 0 Å². The number of carbonyl (C=O) groups excluding carboxylic acids is 3. The number of rotatable bonds is 5. The average Bonchev–Trinajstić information content (AvgIpc) is 2.84. The summed E-state index contributed by atoms with van der Waals surface area (Å²) in [5.74, 6) is -0.319. The number of hydrogen-bond acceptors (Lipinski definition) is 4. The van der Waals surface area contributed by atoms with Gasteiger partial charge in [-0.15, -0.1) is 0 Å². The van der Waals surface area contributed by atoms with Crippen LogP contribution in [0.2, 0.25) is 0 Å². The summed E-state index contributed by atoms with van der Waals surface area (Å²) in [4.78, 5) is 43.5. The monoisotopic (exact) mass is 426 g/mol. The van der Waals surface area contributed by atoms with Gasteiger partial charge in [-0.3, -0.25) is 19.4 Å². The highest BCUT2D eigenvalue weighted by Gasteiger charge is 2.22. The van der Waals surface area contributed by atoms with Gasteiger partial charge in [-0.05, 0) is 63.5 Å². The molecule has 7 nitrogen and oxygen atoms in total. The molecule has 1 atom stereocenters. The van der Waals surface area contributed by atoms with E-state index in [1.807, 2.05) is 0 Å². The zero-order valence-corrected chi connectivity index (χ0v) is 18.3. The maximum Gasteiger partial charge on any atom is 0.255 e. The largest absolute Gasteiger partial charge is 0.356 e. The Kier molecular flexibility index (Phi) is 9.06. The first-order valence-corrected chi connectivity index (χ1v) is 11.5. The van der Waals surface area contributed by atoms with Crippen LogP contribution in [0.25, 0.3) is 0 Å². The summed E-state index contributed by atoms with van der Waals surface area (Å²) in [6, 6.07) is 3.47. The smallest absolute Gasteiger partial charge is 0.255 e. The lowest BCUT2D eigenvalue weighted by atomic mass is 9.96. The van der Waals surface area contributed by atoms with Crippen LogP contribution < -0.4 is 10.6 Å². The highest BCUT2D eigenvalue weighted by molar-refractivity contribution is 5.94. The van der Waals surface area contributed by atoms with E-state index in [1.165, 1.54) is 18.4 Å². The zero-order valence-electron chi connectivity index (χ0n) is 18.3. The molecular formula is C24H34N4O3. The van der Waals surface area contributed by atoms with Gasteiger partial charge in [0.1, 0.15) is 0 Å². The van der Waals surface area contributed by atoms with Crippen molar-refractivity contribution in [3.8, 4) is 0 Å². The molecule has 1 unspecified atom stereocenters. The number of nitrogens with zero attached hydrogens (tertiary/aromatic N) is 2. The number of allylic oxidation sites excluding steroid dienone is 1. The Bertz CT molecular complexity index is 778. The molecule has 2 heterocycles. The molecule has 0 spiro atoms. The van der Waals surface area contributed by atoms with Gasteiger partial charge in [-0.1, -0.05) is 11.6 Å². The molecule has 1 aromatic rings. The molecule has 0 radical (unpaired) electrons. The Hall–Kier alpha value is -2.70. The minimum atomic E-state index is -0.158. The lowest BCUT2D eigenvalue weighted by Gasteiger charge is -2.23. The molecule has 1 saturated heterocycles. The zero-order chi connectivity index (χ0) is 21.9. The molecule has 0 saturated carbocycles. The molecule has 7 heteroatoms. The topological polar surface area (TPSA) is 91.4 Å². The van der Waals surface area contributed by atoms with Crippen LogP contribution in [-0.2, 0) is 9.59 Å². The van der Waals surface area contributed by atoms with Gasteiger partial charge < -0.3 is 15.5 Å². The molecule has 2 N–H and O–H groups in total. The minimum Gasteiger partial charge on any atom is -0.356 e. The highest BCUT2D eigenvalue weighted by Crippen LogP contribution is 2.20. The van der Waals surface area contributed by atoms with E-state index >= 15 is 0 Å². The number of aromatic nitrogens is 1. The molecule has 168 valence electrons. The van der Waals surface area contributed by atoms with Gasteiger partial charge in [-0.2, -0.15) is 0 Å². The second kappa shape index (κ2) is 12.2. The molecule has 31 heavy (non-hydrogen) atoms. The third-order valence-electron chi connectivity index (χ3n) is 6.10. The first-order chi connectivity index (χ1) is 15.1. The van der Waals surface area contributed by atoms with E-state index in [2.05, 4.69) is 21.7 Å². The summed E-state index contributed by atoms with van der Waals surface area (Å²) in [6.07, 6.45) is 13.5. The lowest BCUT2D eigenvalue weighted by molar-refractivity contribution is -0.126. The van der Waals surface area contributed by atoms with E-state index in [-0.39, 0.29) is 30.1 Å². The van der Waals surface area contributed by atoms with E-state index in [1.54, 1.807) is 29.4 Å². The summed E-state index contributed by atoms with van der Waals surface area (Å²) in [7, 11) is 0. The molecule has 1 aliphatic heterocycles. The summed E-state index contributed by atoms with van der Waals surface area (Å²) < 4.78 is 0. The standard InChI is InChI=1S/C24H34N4O3/c29-22-12-17-28(24(31)21-8-4-13-25-18-21)16-5-9-20(11-15-26-22)23(30)27-14-10-19-6-2-1-3-7-19/h4,6,8,13,18,20H,1-3,5,7,9-12,14-17H2,(H,26,29)(H,27,30). The van der Waals surface area contributed by atoms with E-state index in [4.69, 9.17) is 0 Å². The van der Waals surface area contributed by atoms with E-state index in [0.717, 1.165) is 25.7 Å². The third-order valence-corrected chi connectivity index (χ3v) is 6.10. The number of hydrogen-bond donors (Lipinski definition) is 2. The van der Waals surface area contributed by atoms with Crippen molar-refractivity contribution in [2.45, 2.75) is 57.8 Å². The quantitative estimate of drug-likeness (QED) is 0.709. The Balaban J connectivity index is 1.54. The van der Waals surface area contributed by atoms with Crippen molar-refractivity contribution in [1.29, 1.82) is 0 Å². The molecule has 0 bridgehead atoms. The van der Waals surface area contributed by atoms with Gasteiger partial charge in [0, 0.05) is 50.9 Å². The van der Waals surface area contributed by atoms with Crippen molar-refractivity contribution < 1.29 is 14.4 Å². The maximum absolute atomic E-state index is 12.8. The van der Waals surface area contributed by atoms with Crippen LogP contribution in [0.1, 0.15) is 68.1 Å². The van der Waals surface area contributed by atoms with E-state index in [0.29, 0.717) is 44.6 Å². The summed E-state index contributed by atoms with van der Waals surface area (Å²) in [6.45, 7) is 2.04. The summed E-state index contributed by atoms with van der Waals surface area (Å²) in [5, 5.41) is 5.98. The Morgan fingerprint density at radius 3 is 2.84 bits per heavy atom. The molecule has 1 aromatic heterocycles. The van der Waals surface area contributed by atoms with Gasteiger partial charge >= 0.3 is 0 Å². The van der Waals surface area contributed by atoms with Crippen LogP contribution in [-0.4, -0.2) is 53.8 Å². The summed E-state index contributed by atoms with van der Waals surface area (Å²) in [5.41, 5.74) is 1.97. The molecule has 3 rings (SSSR count). The molecule has 2 aliphatic rings. The second-order valence-corrected chi connectivity index (χ2v) is 8.41. The Morgan fingerprint density at radius 2 is 2.06 bits per heavy atom. The van der Waals surface area contributed by atoms with Gasteiger partial charge in [-0.25, -0.2) is 0 Å². The average molecular weight is 427 g/mol. The predicted octanol–water partition coefficient (Wildman–Crippen LogP) is 2.84. The van der Waals surface area contributed by atoms with Gasteiger partial charge in [0.05, 0.1) is 5.56 Å². The number of nitrogens with one attached hydrogen (secondary N) is 2. The van der Waals surface area contributed by atoms with E-state index < -0.39 is 0 Å². The van der Waals surface area contributed by atoms with Crippen molar-refractivity contribution in [3.63, 3.8) is 0 Å². The number of amides is 3. The van der Waals surface area contributed by atoms with Crippen LogP contribution in [0.5, 0.6) is 0 Å². The second-order valence-electron chi connectivity index (χ2n) is 8.41. The number of pyridine rings is 1. The molecular weight excluding hydrogens is 392 g/mol. The normalized spacial score (nSPS) is 20.8. The van der Waals surface area contributed by atoms with Gasteiger partial charge in [0.25, 0.3) is 5.91 Å². The fourth-order valence-corrected chi connectivity index (χ4v) is 4.25. The number of carbonyl (C=O) groups is 3. The van der Waals surface area contributed by atoms with Crippen LogP contribution in [0.4, 0.5) is 0 Å². The fraction of sp³-hybridized carbons (Fsp3) is 0.583. The lowest BCUT2D eigenvalue weighted by Crippen LogP contribution is -2.35. The molecule has 3 amide bonds. The van der Waals surface area contributed by atoms with Crippen molar-refractivity contribution in [2.75, 3.05) is 26.2 Å². The van der Waals surface area contributed by atoms with Crippen molar-refractivity contribution in [2.24, 2.45) is 5.92 Å². The Labute approximate surface area is 184 Å². The van der Waals surface area contributed by atoms with Crippen LogP contribution in [0.15, 0.2) is 36.2 Å². The van der Waals surface area contributed by atoms with Crippen LogP contribution in [0, 0.1) is 5.92 Å². The van der Waals surface area contributed by atoms with Crippen molar-refractivity contribution >= 4 is 17.7 Å². The van der Waals surface area contributed by atoms with Crippen molar-refractivity contribution in [1.82, 2.24) is 20.5 Å². The summed E-state index contributed by atoms with van der Waals surface area (Å²) >= 11 is 0.